The van der Waals surface area contributed by atoms with E-state index in [1.165, 1.54) is 0 Å². The van der Waals surface area contributed by atoms with Crippen LogP contribution in [0.2, 0.25) is 0 Å². The smallest absolute Gasteiger partial charge is 0.274 e. The number of nitrogens with two attached hydrogens (primary N) is 1. The summed E-state index contributed by atoms with van der Waals surface area (Å²) in [4.78, 5) is 18.0. The molecule has 0 aliphatic heterocycles. The van der Waals surface area contributed by atoms with Crippen LogP contribution in [0.5, 0.6) is 0 Å². The monoisotopic (exact) mass is 258 g/mol. The predicted octanol–water partition coefficient (Wildman–Crippen LogP) is 1.11. The molecule has 0 unspecified atom stereocenters. The number of carbonyl (C=O) groups is 1. The van der Waals surface area contributed by atoms with E-state index in [4.69, 9.17) is 5.73 Å². The highest BCUT2D eigenvalue weighted by Gasteiger charge is 2.14. The fourth-order valence-corrected chi connectivity index (χ4v) is 1.87. The van der Waals surface area contributed by atoms with E-state index in [-0.39, 0.29) is 5.91 Å². The van der Waals surface area contributed by atoms with Crippen LogP contribution in [-0.4, -0.2) is 34.0 Å². The molecule has 0 aliphatic carbocycles. The number of aromatic nitrogens is 2. The van der Waals surface area contributed by atoms with Crippen molar-refractivity contribution in [3.63, 3.8) is 0 Å². The number of benzene rings is 1. The molecule has 0 spiro atoms. The molecule has 0 saturated heterocycles. The number of hydrogen-bond acceptors (Lipinski definition) is 3. The third kappa shape index (κ3) is 3.42. The number of nitrogens with zero attached hydrogens (tertiary/aromatic N) is 3. The Bertz CT molecular complexity index is 535. The summed E-state index contributed by atoms with van der Waals surface area (Å²) in [5, 5.41) is 0. The quantitative estimate of drug-likeness (QED) is 0.874. The van der Waals surface area contributed by atoms with Crippen molar-refractivity contribution in [2.75, 3.05) is 13.6 Å². The summed E-state index contributed by atoms with van der Waals surface area (Å²) in [6.45, 7) is 1.77. The molecular weight excluding hydrogens is 240 g/mol. The van der Waals surface area contributed by atoms with Gasteiger partial charge in [-0.1, -0.05) is 30.3 Å². The van der Waals surface area contributed by atoms with Gasteiger partial charge in [-0.15, -0.1) is 0 Å². The maximum atomic E-state index is 12.2. The van der Waals surface area contributed by atoms with Crippen molar-refractivity contribution >= 4 is 5.91 Å². The first-order valence-corrected chi connectivity index (χ1v) is 6.22. The van der Waals surface area contributed by atoms with Crippen LogP contribution < -0.4 is 5.73 Å². The molecule has 1 amide bonds. The first-order chi connectivity index (χ1) is 9.20. The van der Waals surface area contributed by atoms with E-state index in [1.807, 2.05) is 34.9 Å². The standard InChI is InChI=1S/C14H18N4O/c1-17(9-12-5-3-2-4-6-12)14(19)13-10-18(8-7-15)11-16-13/h2-6,10-11H,7-9,15H2,1H3. The molecule has 5 heteroatoms. The van der Waals surface area contributed by atoms with Crippen LogP contribution in [0.3, 0.4) is 0 Å². The van der Waals surface area contributed by atoms with E-state index in [1.54, 1.807) is 24.5 Å². The van der Waals surface area contributed by atoms with Gasteiger partial charge in [-0.25, -0.2) is 4.98 Å². The van der Waals surface area contributed by atoms with Gasteiger partial charge in [-0.2, -0.15) is 0 Å². The van der Waals surface area contributed by atoms with E-state index in [2.05, 4.69) is 4.98 Å². The molecule has 0 fully saturated rings. The number of carbonyl (C=O) groups excluding carboxylic acids is 1. The minimum Gasteiger partial charge on any atom is -0.336 e. The lowest BCUT2D eigenvalue weighted by molar-refractivity contribution is 0.0779. The largest absolute Gasteiger partial charge is 0.336 e. The Morgan fingerprint density at radius 1 is 1.37 bits per heavy atom. The SMILES string of the molecule is CN(Cc1ccccc1)C(=O)c1cn(CCN)cn1. The summed E-state index contributed by atoms with van der Waals surface area (Å²) in [5.74, 6) is -0.0837. The fraction of sp³-hybridized carbons (Fsp3) is 0.286. The van der Waals surface area contributed by atoms with Gasteiger partial charge in [-0.05, 0) is 5.56 Å². The van der Waals surface area contributed by atoms with Crippen molar-refractivity contribution in [1.82, 2.24) is 14.5 Å². The minimum atomic E-state index is -0.0837. The van der Waals surface area contributed by atoms with Gasteiger partial charge in [-0.3, -0.25) is 4.79 Å². The zero-order valence-corrected chi connectivity index (χ0v) is 11.0. The van der Waals surface area contributed by atoms with Crippen molar-refractivity contribution in [1.29, 1.82) is 0 Å². The van der Waals surface area contributed by atoms with Gasteiger partial charge in [0.1, 0.15) is 5.69 Å². The maximum absolute atomic E-state index is 12.2. The average molecular weight is 258 g/mol. The van der Waals surface area contributed by atoms with E-state index in [0.29, 0.717) is 25.3 Å². The lowest BCUT2D eigenvalue weighted by atomic mass is 10.2. The molecule has 1 aromatic heterocycles. The highest BCUT2D eigenvalue weighted by atomic mass is 16.2. The average Bonchev–Trinajstić information content (AvgIpc) is 2.88. The molecule has 2 rings (SSSR count). The van der Waals surface area contributed by atoms with Crippen LogP contribution in [-0.2, 0) is 13.1 Å². The highest BCUT2D eigenvalue weighted by molar-refractivity contribution is 5.91. The summed E-state index contributed by atoms with van der Waals surface area (Å²) < 4.78 is 1.82. The molecular formula is C14H18N4O. The fourth-order valence-electron chi connectivity index (χ4n) is 1.87. The van der Waals surface area contributed by atoms with Crippen LogP contribution >= 0.6 is 0 Å². The van der Waals surface area contributed by atoms with Crippen molar-refractivity contribution in [3.8, 4) is 0 Å². The Kier molecular flexibility index (Phi) is 4.30. The molecule has 5 nitrogen and oxygen atoms in total. The molecule has 19 heavy (non-hydrogen) atoms. The Morgan fingerprint density at radius 2 is 2.11 bits per heavy atom. The molecule has 0 saturated carbocycles. The molecule has 100 valence electrons. The summed E-state index contributed by atoms with van der Waals surface area (Å²) in [6.07, 6.45) is 3.37. The Labute approximate surface area is 112 Å². The molecule has 2 aromatic rings. The second kappa shape index (κ2) is 6.15. The Morgan fingerprint density at radius 3 is 2.79 bits per heavy atom. The molecule has 0 aliphatic rings. The van der Waals surface area contributed by atoms with Crippen LogP contribution in [0.1, 0.15) is 16.1 Å². The van der Waals surface area contributed by atoms with Gasteiger partial charge in [0.2, 0.25) is 0 Å². The molecule has 2 N–H and O–H groups in total. The number of amides is 1. The molecule has 0 radical (unpaired) electrons. The normalized spacial score (nSPS) is 10.4. The summed E-state index contributed by atoms with van der Waals surface area (Å²) >= 11 is 0. The Balaban J connectivity index is 2.02. The van der Waals surface area contributed by atoms with E-state index in [9.17, 15) is 4.79 Å². The maximum Gasteiger partial charge on any atom is 0.274 e. The van der Waals surface area contributed by atoms with Gasteiger partial charge < -0.3 is 15.2 Å². The van der Waals surface area contributed by atoms with Crippen molar-refractivity contribution in [3.05, 3.63) is 54.1 Å². The number of rotatable bonds is 5. The lowest BCUT2D eigenvalue weighted by Gasteiger charge is -2.15. The van der Waals surface area contributed by atoms with Crippen molar-refractivity contribution in [2.45, 2.75) is 13.1 Å². The summed E-state index contributed by atoms with van der Waals surface area (Å²) in [5.41, 5.74) is 7.01. The third-order valence-electron chi connectivity index (χ3n) is 2.85. The summed E-state index contributed by atoms with van der Waals surface area (Å²) in [7, 11) is 1.78. The zero-order valence-electron chi connectivity index (χ0n) is 11.0. The second-order valence-corrected chi connectivity index (χ2v) is 4.43. The highest BCUT2D eigenvalue weighted by Crippen LogP contribution is 2.06. The molecule has 0 atom stereocenters. The predicted molar refractivity (Wildman–Crippen MR) is 73.5 cm³/mol. The van der Waals surface area contributed by atoms with Gasteiger partial charge in [0.25, 0.3) is 5.91 Å². The third-order valence-corrected chi connectivity index (χ3v) is 2.85. The Hall–Kier alpha value is -2.14. The van der Waals surface area contributed by atoms with Crippen LogP contribution in [0.25, 0.3) is 0 Å². The topological polar surface area (TPSA) is 64.2 Å². The minimum absolute atomic E-state index is 0.0837. The van der Waals surface area contributed by atoms with Crippen LogP contribution in [0.15, 0.2) is 42.9 Å². The van der Waals surface area contributed by atoms with Crippen molar-refractivity contribution in [2.24, 2.45) is 5.73 Å². The van der Waals surface area contributed by atoms with E-state index >= 15 is 0 Å². The zero-order chi connectivity index (χ0) is 13.7. The van der Waals surface area contributed by atoms with E-state index < -0.39 is 0 Å². The second-order valence-electron chi connectivity index (χ2n) is 4.43. The van der Waals surface area contributed by atoms with E-state index in [0.717, 1.165) is 5.56 Å². The van der Waals surface area contributed by atoms with Gasteiger partial charge in [0, 0.05) is 32.9 Å². The van der Waals surface area contributed by atoms with Gasteiger partial charge in [0.15, 0.2) is 0 Å². The molecule has 1 heterocycles. The lowest BCUT2D eigenvalue weighted by Crippen LogP contribution is -2.26. The molecule has 0 bridgehead atoms. The number of imidazole rings is 1. The van der Waals surface area contributed by atoms with Gasteiger partial charge >= 0.3 is 0 Å². The summed E-state index contributed by atoms with van der Waals surface area (Å²) in [6, 6.07) is 9.88. The molecule has 1 aromatic carbocycles. The first-order valence-electron chi connectivity index (χ1n) is 6.22. The van der Waals surface area contributed by atoms with Crippen molar-refractivity contribution < 1.29 is 4.79 Å². The van der Waals surface area contributed by atoms with Crippen LogP contribution in [0, 0.1) is 0 Å². The van der Waals surface area contributed by atoms with Gasteiger partial charge in [0.05, 0.1) is 6.33 Å². The number of hydrogen-bond donors (Lipinski definition) is 1. The van der Waals surface area contributed by atoms with Crippen LogP contribution in [0.4, 0.5) is 0 Å². The first kappa shape index (κ1) is 13.3.